The van der Waals surface area contributed by atoms with Crippen LogP contribution < -0.4 is 10.6 Å². The van der Waals surface area contributed by atoms with Crippen molar-refractivity contribution in [1.82, 2.24) is 15.5 Å². The number of likely N-dealkylation sites (tertiary alicyclic amines) is 1. The molecule has 3 N–H and O–H groups in total. The Morgan fingerprint density at radius 1 is 1.26 bits per heavy atom. The van der Waals surface area contributed by atoms with Gasteiger partial charge in [-0.3, -0.25) is 9.79 Å². The van der Waals surface area contributed by atoms with Gasteiger partial charge >= 0.3 is 0 Å². The number of rotatable bonds is 5. The van der Waals surface area contributed by atoms with Gasteiger partial charge < -0.3 is 20.6 Å². The molecule has 1 heterocycles. The fraction of sp³-hybridized carbons (Fsp3) is 0.900. The average Bonchev–Trinajstić information content (AvgIpc) is 2.62. The molecular formula is C20H39IN4O2. The smallest absolute Gasteiger partial charge is 0.225 e. The highest BCUT2D eigenvalue weighted by atomic mass is 127. The van der Waals surface area contributed by atoms with E-state index in [-0.39, 0.29) is 47.3 Å². The molecule has 0 aromatic rings. The standard InChI is InChI=1S/C20H38N4O2.HI/c1-5-21-19(22-14-20(4)11-7-6-8-17(20)25)23-16-9-12-24(13-10-16)18(26)15(2)3;/h15-17,25H,5-14H2,1-4H3,(H2,21,22,23);1H. The second-order valence-corrected chi connectivity index (χ2v) is 8.51. The van der Waals surface area contributed by atoms with Crippen molar-refractivity contribution in [2.24, 2.45) is 16.3 Å². The Morgan fingerprint density at radius 2 is 1.93 bits per heavy atom. The van der Waals surface area contributed by atoms with Gasteiger partial charge in [-0.15, -0.1) is 24.0 Å². The van der Waals surface area contributed by atoms with Gasteiger partial charge in [0, 0.05) is 37.0 Å². The van der Waals surface area contributed by atoms with Crippen molar-refractivity contribution in [3.05, 3.63) is 0 Å². The first-order chi connectivity index (χ1) is 12.4. The predicted molar refractivity (Wildman–Crippen MR) is 122 cm³/mol. The first kappa shape index (κ1) is 24.5. The summed E-state index contributed by atoms with van der Waals surface area (Å²) in [4.78, 5) is 18.9. The minimum absolute atomic E-state index is 0. The molecule has 2 aliphatic rings. The zero-order valence-electron chi connectivity index (χ0n) is 17.5. The molecule has 7 heteroatoms. The fourth-order valence-electron chi connectivity index (χ4n) is 3.95. The normalized spacial score (nSPS) is 27.3. The summed E-state index contributed by atoms with van der Waals surface area (Å²) in [6.45, 7) is 11.2. The molecule has 27 heavy (non-hydrogen) atoms. The second kappa shape index (κ2) is 11.4. The van der Waals surface area contributed by atoms with E-state index in [2.05, 4.69) is 24.5 Å². The van der Waals surface area contributed by atoms with Crippen LogP contribution in [0.25, 0.3) is 0 Å². The van der Waals surface area contributed by atoms with Crippen molar-refractivity contribution in [3.8, 4) is 0 Å². The van der Waals surface area contributed by atoms with Crippen molar-refractivity contribution < 1.29 is 9.90 Å². The maximum absolute atomic E-state index is 12.1. The number of aliphatic imine (C=N–C) groups is 1. The van der Waals surface area contributed by atoms with Crippen LogP contribution in [0.4, 0.5) is 0 Å². The molecule has 2 fully saturated rings. The number of amides is 1. The molecule has 1 aliphatic heterocycles. The lowest BCUT2D eigenvalue weighted by molar-refractivity contribution is -0.135. The van der Waals surface area contributed by atoms with Gasteiger partial charge in [-0.25, -0.2) is 0 Å². The molecule has 1 saturated carbocycles. The van der Waals surface area contributed by atoms with Crippen molar-refractivity contribution >= 4 is 35.8 Å². The Hall–Kier alpha value is -0.570. The molecule has 2 unspecified atom stereocenters. The molecule has 6 nitrogen and oxygen atoms in total. The van der Waals surface area contributed by atoms with Crippen molar-refractivity contribution in [2.75, 3.05) is 26.2 Å². The van der Waals surface area contributed by atoms with Crippen LogP contribution in [0, 0.1) is 11.3 Å². The number of hydrogen-bond donors (Lipinski definition) is 3. The van der Waals surface area contributed by atoms with Crippen LogP contribution in [-0.4, -0.2) is 60.2 Å². The van der Waals surface area contributed by atoms with Crippen molar-refractivity contribution in [2.45, 2.75) is 78.4 Å². The summed E-state index contributed by atoms with van der Waals surface area (Å²) in [5.74, 6) is 1.16. The molecule has 2 rings (SSSR count). The van der Waals surface area contributed by atoms with Crippen LogP contribution in [0.1, 0.15) is 66.2 Å². The number of aliphatic hydroxyl groups is 1. The third-order valence-corrected chi connectivity index (χ3v) is 5.86. The molecule has 0 bridgehead atoms. The van der Waals surface area contributed by atoms with E-state index in [1.165, 1.54) is 6.42 Å². The largest absolute Gasteiger partial charge is 0.392 e. The Morgan fingerprint density at radius 3 is 2.48 bits per heavy atom. The third kappa shape index (κ3) is 7.07. The Labute approximate surface area is 182 Å². The van der Waals surface area contributed by atoms with Crippen LogP contribution in [0.15, 0.2) is 4.99 Å². The number of nitrogens with one attached hydrogen (secondary N) is 2. The summed E-state index contributed by atoms with van der Waals surface area (Å²) in [6, 6.07) is 0.341. The number of hydrogen-bond acceptors (Lipinski definition) is 3. The van der Waals surface area contributed by atoms with Crippen LogP contribution in [0.5, 0.6) is 0 Å². The van der Waals surface area contributed by atoms with E-state index in [0.717, 1.165) is 57.7 Å². The second-order valence-electron chi connectivity index (χ2n) is 8.51. The SMILES string of the molecule is CCNC(=NCC1(C)CCCCC1O)NC1CCN(C(=O)C(C)C)CC1.I. The molecule has 2 atom stereocenters. The van der Waals surface area contributed by atoms with Crippen LogP contribution in [0.2, 0.25) is 0 Å². The van der Waals surface area contributed by atoms with Gasteiger partial charge in [0.05, 0.1) is 12.6 Å². The average molecular weight is 494 g/mol. The minimum atomic E-state index is -0.256. The lowest BCUT2D eigenvalue weighted by Gasteiger charge is -2.37. The number of nitrogens with zero attached hydrogens (tertiary/aromatic N) is 2. The third-order valence-electron chi connectivity index (χ3n) is 5.86. The maximum Gasteiger partial charge on any atom is 0.225 e. The van der Waals surface area contributed by atoms with Crippen molar-refractivity contribution in [1.29, 1.82) is 0 Å². The Bertz CT molecular complexity index is 492. The minimum Gasteiger partial charge on any atom is -0.392 e. The lowest BCUT2D eigenvalue weighted by Crippen LogP contribution is -2.50. The summed E-state index contributed by atoms with van der Waals surface area (Å²) in [6.07, 6.45) is 5.85. The number of aliphatic hydroxyl groups excluding tert-OH is 1. The zero-order chi connectivity index (χ0) is 19.2. The molecule has 1 saturated heterocycles. The van der Waals surface area contributed by atoms with Gasteiger partial charge in [-0.05, 0) is 32.6 Å². The summed E-state index contributed by atoms with van der Waals surface area (Å²) < 4.78 is 0. The number of carbonyl (C=O) groups is 1. The van der Waals surface area contributed by atoms with Gasteiger partial charge in [0.15, 0.2) is 5.96 Å². The summed E-state index contributed by atoms with van der Waals surface area (Å²) >= 11 is 0. The molecule has 1 aliphatic carbocycles. The van der Waals surface area contributed by atoms with E-state index < -0.39 is 0 Å². The Balaban J connectivity index is 0.00000364. The first-order valence-electron chi connectivity index (χ1n) is 10.4. The van der Waals surface area contributed by atoms with E-state index >= 15 is 0 Å². The topological polar surface area (TPSA) is 77.0 Å². The molecule has 0 spiro atoms. The van der Waals surface area contributed by atoms with Gasteiger partial charge in [0.25, 0.3) is 0 Å². The number of carbonyl (C=O) groups excluding carboxylic acids is 1. The van der Waals surface area contributed by atoms with E-state index in [0.29, 0.717) is 12.6 Å². The summed E-state index contributed by atoms with van der Waals surface area (Å²) in [7, 11) is 0. The molecule has 0 radical (unpaired) electrons. The van der Waals surface area contributed by atoms with Crippen LogP contribution >= 0.6 is 24.0 Å². The molecule has 0 aromatic heterocycles. The monoisotopic (exact) mass is 494 g/mol. The first-order valence-corrected chi connectivity index (χ1v) is 10.4. The van der Waals surface area contributed by atoms with E-state index in [9.17, 15) is 9.90 Å². The fourth-order valence-corrected chi connectivity index (χ4v) is 3.95. The lowest BCUT2D eigenvalue weighted by atomic mass is 9.73. The number of guanidine groups is 1. The van der Waals surface area contributed by atoms with Crippen LogP contribution in [-0.2, 0) is 4.79 Å². The molecule has 0 aromatic carbocycles. The van der Waals surface area contributed by atoms with Gasteiger partial charge in [0.1, 0.15) is 0 Å². The van der Waals surface area contributed by atoms with Gasteiger partial charge in [-0.1, -0.05) is 33.6 Å². The summed E-state index contributed by atoms with van der Waals surface area (Å²) in [5, 5.41) is 17.2. The quantitative estimate of drug-likeness (QED) is 0.312. The van der Waals surface area contributed by atoms with E-state index in [4.69, 9.17) is 4.99 Å². The highest BCUT2D eigenvalue weighted by molar-refractivity contribution is 14.0. The number of halogens is 1. The molecular weight excluding hydrogens is 455 g/mol. The highest BCUT2D eigenvalue weighted by Crippen LogP contribution is 2.36. The Kier molecular flexibility index (Phi) is 10.4. The summed E-state index contributed by atoms with van der Waals surface area (Å²) in [5.41, 5.74) is -0.117. The maximum atomic E-state index is 12.1. The molecule has 158 valence electrons. The zero-order valence-corrected chi connectivity index (χ0v) is 19.8. The predicted octanol–water partition coefficient (Wildman–Crippen LogP) is 2.75. The van der Waals surface area contributed by atoms with Crippen LogP contribution in [0.3, 0.4) is 0 Å². The van der Waals surface area contributed by atoms with E-state index in [1.54, 1.807) is 0 Å². The number of piperidine rings is 1. The van der Waals surface area contributed by atoms with Gasteiger partial charge in [0.2, 0.25) is 5.91 Å². The van der Waals surface area contributed by atoms with Gasteiger partial charge in [-0.2, -0.15) is 0 Å². The highest BCUT2D eigenvalue weighted by Gasteiger charge is 2.35. The van der Waals surface area contributed by atoms with E-state index in [1.807, 2.05) is 18.7 Å². The molecule has 1 amide bonds. The van der Waals surface area contributed by atoms with Crippen molar-refractivity contribution in [3.63, 3.8) is 0 Å².